The van der Waals surface area contributed by atoms with Gasteiger partial charge in [0.05, 0.1) is 12.2 Å². The average molecular weight is 266 g/mol. The molecule has 0 aliphatic carbocycles. The van der Waals surface area contributed by atoms with Crippen LogP contribution in [-0.4, -0.2) is 23.9 Å². The Kier molecular flexibility index (Phi) is 6.89. The Morgan fingerprint density at radius 3 is 2.21 bits per heavy atom. The summed E-state index contributed by atoms with van der Waals surface area (Å²) in [6.45, 7) is 8.66. The molecule has 3 nitrogen and oxygen atoms in total. The van der Waals surface area contributed by atoms with E-state index in [0.29, 0.717) is 6.61 Å². The standard InChI is InChI=1S/C16H26O3/c1-5-7-15(18-6-2)16(17)13-8-10-14(11-9-13)19-12(3)4/h8-12,15-17H,5-7H2,1-4H3. The third-order valence-corrected chi connectivity index (χ3v) is 2.90. The van der Waals surface area contributed by atoms with Gasteiger partial charge in [-0.25, -0.2) is 0 Å². The van der Waals surface area contributed by atoms with Crippen LogP contribution in [0.15, 0.2) is 24.3 Å². The topological polar surface area (TPSA) is 38.7 Å². The molecule has 2 atom stereocenters. The molecule has 0 aliphatic rings. The summed E-state index contributed by atoms with van der Waals surface area (Å²) < 4.78 is 11.2. The zero-order chi connectivity index (χ0) is 14.3. The molecule has 1 aromatic carbocycles. The zero-order valence-electron chi connectivity index (χ0n) is 12.4. The van der Waals surface area contributed by atoms with Crippen LogP contribution in [0.5, 0.6) is 5.75 Å². The van der Waals surface area contributed by atoms with Crippen molar-refractivity contribution < 1.29 is 14.6 Å². The second-order valence-electron chi connectivity index (χ2n) is 4.96. The van der Waals surface area contributed by atoms with Crippen LogP contribution in [0, 0.1) is 0 Å². The lowest BCUT2D eigenvalue weighted by molar-refractivity contribution is -0.0384. The van der Waals surface area contributed by atoms with Gasteiger partial charge in [-0.1, -0.05) is 25.5 Å². The number of hydrogen-bond donors (Lipinski definition) is 1. The van der Waals surface area contributed by atoms with Crippen molar-refractivity contribution in [1.29, 1.82) is 0 Å². The van der Waals surface area contributed by atoms with Gasteiger partial charge in [-0.3, -0.25) is 0 Å². The van der Waals surface area contributed by atoms with Crippen LogP contribution in [0.4, 0.5) is 0 Å². The van der Waals surface area contributed by atoms with Gasteiger partial charge in [0.2, 0.25) is 0 Å². The number of benzene rings is 1. The monoisotopic (exact) mass is 266 g/mol. The SMILES string of the molecule is CCCC(OCC)C(O)c1ccc(OC(C)C)cc1. The summed E-state index contributed by atoms with van der Waals surface area (Å²) in [7, 11) is 0. The fourth-order valence-corrected chi connectivity index (χ4v) is 2.06. The maximum absolute atomic E-state index is 10.3. The molecule has 0 radical (unpaired) electrons. The summed E-state index contributed by atoms with van der Waals surface area (Å²) in [5.74, 6) is 0.828. The third-order valence-electron chi connectivity index (χ3n) is 2.90. The average Bonchev–Trinajstić information content (AvgIpc) is 2.38. The van der Waals surface area contributed by atoms with Crippen LogP contribution < -0.4 is 4.74 Å². The minimum Gasteiger partial charge on any atom is -0.491 e. The van der Waals surface area contributed by atoms with E-state index < -0.39 is 6.10 Å². The summed E-state index contributed by atoms with van der Waals surface area (Å²) in [5.41, 5.74) is 0.878. The Morgan fingerprint density at radius 2 is 1.74 bits per heavy atom. The highest BCUT2D eigenvalue weighted by molar-refractivity contribution is 5.29. The van der Waals surface area contributed by atoms with Crippen molar-refractivity contribution in [1.82, 2.24) is 0 Å². The van der Waals surface area contributed by atoms with E-state index in [9.17, 15) is 5.11 Å². The highest BCUT2D eigenvalue weighted by Crippen LogP contribution is 2.25. The number of aliphatic hydroxyl groups is 1. The van der Waals surface area contributed by atoms with Crippen molar-refractivity contribution >= 4 is 0 Å². The Bertz CT molecular complexity index is 340. The lowest BCUT2D eigenvalue weighted by Crippen LogP contribution is -2.22. The lowest BCUT2D eigenvalue weighted by Gasteiger charge is -2.23. The first-order valence-corrected chi connectivity index (χ1v) is 7.14. The van der Waals surface area contributed by atoms with Gasteiger partial charge in [-0.05, 0) is 44.9 Å². The number of hydrogen-bond acceptors (Lipinski definition) is 3. The van der Waals surface area contributed by atoms with E-state index in [0.717, 1.165) is 24.2 Å². The Labute approximate surface area is 116 Å². The normalized spacial score (nSPS) is 14.4. The molecule has 1 aromatic rings. The van der Waals surface area contributed by atoms with E-state index >= 15 is 0 Å². The molecule has 19 heavy (non-hydrogen) atoms. The van der Waals surface area contributed by atoms with E-state index in [1.807, 2.05) is 45.0 Å². The smallest absolute Gasteiger partial charge is 0.119 e. The van der Waals surface area contributed by atoms with Gasteiger partial charge in [0.15, 0.2) is 0 Å². The van der Waals surface area contributed by atoms with E-state index in [1.54, 1.807) is 0 Å². The molecular weight excluding hydrogens is 240 g/mol. The molecule has 0 amide bonds. The molecule has 2 unspecified atom stereocenters. The minimum absolute atomic E-state index is 0.133. The molecule has 1 rings (SSSR count). The second-order valence-corrected chi connectivity index (χ2v) is 4.96. The van der Waals surface area contributed by atoms with Crippen LogP contribution in [0.2, 0.25) is 0 Å². The van der Waals surface area contributed by atoms with Gasteiger partial charge >= 0.3 is 0 Å². The zero-order valence-corrected chi connectivity index (χ0v) is 12.4. The van der Waals surface area contributed by atoms with E-state index in [1.165, 1.54) is 0 Å². The van der Waals surface area contributed by atoms with Gasteiger partial charge in [0.1, 0.15) is 11.9 Å². The lowest BCUT2D eigenvalue weighted by atomic mass is 10.0. The first-order valence-electron chi connectivity index (χ1n) is 7.14. The Balaban J connectivity index is 2.72. The predicted octanol–water partition coefficient (Wildman–Crippen LogP) is 3.71. The van der Waals surface area contributed by atoms with Gasteiger partial charge < -0.3 is 14.6 Å². The Hall–Kier alpha value is -1.06. The quantitative estimate of drug-likeness (QED) is 0.779. The van der Waals surface area contributed by atoms with E-state index in [2.05, 4.69) is 6.92 Å². The maximum atomic E-state index is 10.3. The largest absolute Gasteiger partial charge is 0.491 e. The molecule has 0 saturated heterocycles. The predicted molar refractivity (Wildman–Crippen MR) is 77.5 cm³/mol. The number of aliphatic hydroxyl groups excluding tert-OH is 1. The molecule has 0 spiro atoms. The number of rotatable bonds is 8. The van der Waals surface area contributed by atoms with Crippen molar-refractivity contribution in [2.75, 3.05) is 6.61 Å². The summed E-state index contributed by atoms with van der Waals surface area (Å²) >= 11 is 0. The molecular formula is C16H26O3. The van der Waals surface area contributed by atoms with E-state index in [-0.39, 0.29) is 12.2 Å². The van der Waals surface area contributed by atoms with Gasteiger partial charge in [0, 0.05) is 6.61 Å². The third kappa shape index (κ3) is 5.21. The molecule has 108 valence electrons. The van der Waals surface area contributed by atoms with Crippen LogP contribution >= 0.6 is 0 Å². The summed E-state index contributed by atoms with van der Waals surface area (Å²) in [6.07, 6.45) is 1.31. The Morgan fingerprint density at radius 1 is 1.11 bits per heavy atom. The molecule has 0 fully saturated rings. The highest BCUT2D eigenvalue weighted by atomic mass is 16.5. The van der Waals surface area contributed by atoms with Crippen molar-refractivity contribution in [3.8, 4) is 5.75 Å². The summed E-state index contributed by atoms with van der Waals surface area (Å²) in [5, 5.41) is 10.3. The molecule has 0 aromatic heterocycles. The van der Waals surface area contributed by atoms with Gasteiger partial charge in [0.25, 0.3) is 0 Å². The first kappa shape index (κ1) is 16.0. The fourth-order valence-electron chi connectivity index (χ4n) is 2.06. The second kappa shape index (κ2) is 8.18. The van der Waals surface area contributed by atoms with Crippen LogP contribution in [0.25, 0.3) is 0 Å². The molecule has 1 N–H and O–H groups in total. The molecule has 0 heterocycles. The summed E-state index contributed by atoms with van der Waals surface area (Å²) in [6, 6.07) is 7.61. The first-order chi connectivity index (χ1) is 9.08. The van der Waals surface area contributed by atoms with Crippen LogP contribution in [-0.2, 0) is 4.74 Å². The number of ether oxygens (including phenoxy) is 2. The molecule has 0 bridgehead atoms. The highest BCUT2D eigenvalue weighted by Gasteiger charge is 2.20. The molecule has 0 aliphatic heterocycles. The van der Waals surface area contributed by atoms with Crippen molar-refractivity contribution in [3.63, 3.8) is 0 Å². The van der Waals surface area contributed by atoms with Crippen LogP contribution in [0.1, 0.15) is 52.2 Å². The van der Waals surface area contributed by atoms with Gasteiger partial charge in [-0.15, -0.1) is 0 Å². The van der Waals surface area contributed by atoms with Crippen LogP contribution in [0.3, 0.4) is 0 Å². The van der Waals surface area contributed by atoms with Crippen molar-refractivity contribution in [3.05, 3.63) is 29.8 Å². The van der Waals surface area contributed by atoms with E-state index in [4.69, 9.17) is 9.47 Å². The van der Waals surface area contributed by atoms with Crippen molar-refractivity contribution in [2.45, 2.75) is 58.8 Å². The maximum Gasteiger partial charge on any atom is 0.119 e. The summed E-state index contributed by atoms with van der Waals surface area (Å²) in [4.78, 5) is 0. The molecule has 3 heteroatoms. The van der Waals surface area contributed by atoms with Crippen molar-refractivity contribution in [2.24, 2.45) is 0 Å². The molecule has 0 saturated carbocycles. The fraction of sp³-hybridized carbons (Fsp3) is 0.625. The van der Waals surface area contributed by atoms with Gasteiger partial charge in [-0.2, -0.15) is 0 Å². The minimum atomic E-state index is -0.576.